The van der Waals surface area contributed by atoms with Crippen molar-refractivity contribution in [1.82, 2.24) is 15.3 Å². The zero-order chi connectivity index (χ0) is 14.6. The van der Waals surface area contributed by atoms with Gasteiger partial charge in [-0.1, -0.05) is 6.92 Å². The van der Waals surface area contributed by atoms with Crippen LogP contribution in [0.4, 0.5) is 0 Å². The molecule has 1 aromatic rings. The molecule has 0 aromatic carbocycles. The number of hydrogen-bond acceptors (Lipinski definition) is 6. The average Bonchev–Trinajstić information content (AvgIpc) is 3.22. The Morgan fingerprint density at radius 3 is 2.95 bits per heavy atom. The van der Waals surface area contributed by atoms with E-state index in [1.54, 1.807) is 18.0 Å². The lowest BCUT2D eigenvalue weighted by atomic mass is 9.96. The van der Waals surface area contributed by atoms with Crippen molar-refractivity contribution in [2.75, 3.05) is 7.11 Å². The van der Waals surface area contributed by atoms with Crippen LogP contribution in [0.5, 0.6) is 0 Å². The topological polar surface area (TPSA) is 64.1 Å². The van der Waals surface area contributed by atoms with Crippen LogP contribution >= 0.6 is 11.8 Å². The molecule has 20 heavy (non-hydrogen) atoms. The predicted molar refractivity (Wildman–Crippen MR) is 78.5 cm³/mol. The summed E-state index contributed by atoms with van der Waals surface area (Å²) < 4.78 is 4.96. The number of methoxy groups -OCH3 is 1. The number of rotatable bonds is 7. The molecule has 0 saturated heterocycles. The zero-order valence-electron chi connectivity index (χ0n) is 12.1. The highest BCUT2D eigenvalue weighted by Crippen LogP contribution is 2.30. The standard InChI is InChI=1S/C14H21N3O2S/c1-10(20-12-6-7-15-9-16-12)8-14(2,13(18)19-3)17-11-4-5-11/h6-7,9-11,17H,4-5,8H2,1-3H3. The Balaban J connectivity index is 1.97. The molecule has 2 unspecified atom stereocenters. The zero-order valence-corrected chi connectivity index (χ0v) is 12.9. The molecule has 1 N–H and O–H groups in total. The second-order valence-corrected chi connectivity index (χ2v) is 6.88. The van der Waals surface area contributed by atoms with E-state index in [-0.39, 0.29) is 11.2 Å². The Labute approximate surface area is 123 Å². The largest absolute Gasteiger partial charge is 0.468 e. The van der Waals surface area contributed by atoms with Gasteiger partial charge in [-0.2, -0.15) is 0 Å². The Kier molecular flexibility index (Phi) is 4.99. The van der Waals surface area contributed by atoms with E-state index in [9.17, 15) is 4.79 Å². The van der Waals surface area contributed by atoms with E-state index in [4.69, 9.17) is 4.74 Å². The third-order valence-electron chi connectivity index (χ3n) is 3.31. The van der Waals surface area contributed by atoms with Gasteiger partial charge in [0, 0.05) is 17.5 Å². The number of aromatic nitrogens is 2. The van der Waals surface area contributed by atoms with Crippen molar-refractivity contribution in [2.24, 2.45) is 0 Å². The molecule has 1 aliphatic carbocycles. The Bertz CT molecular complexity index is 453. The molecular formula is C14H21N3O2S. The quantitative estimate of drug-likeness (QED) is 0.472. The van der Waals surface area contributed by atoms with Crippen LogP contribution in [0.3, 0.4) is 0 Å². The van der Waals surface area contributed by atoms with Crippen molar-refractivity contribution in [1.29, 1.82) is 0 Å². The molecule has 0 bridgehead atoms. The summed E-state index contributed by atoms with van der Waals surface area (Å²) in [6.07, 6.45) is 6.24. The van der Waals surface area contributed by atoms with Crippen LogP contribution < -0.4 is 5.32 Å². The molecule has 6 heteroatoms. The average molecular weight is 295 g/mol. The van der Waals surface area contributed by atoms with Crippen LogP contribution in [0.2, 0.25) is 0 Å². The minimum atomic E-state index is -0.630. The van der Waals surface area contributed by atoms with Gasteiger partial charge in [-0.3, -0.25) is 10.1 Å². The fourth-order valence-electron chi connectivity index (χ4n) is 2.28. The van der Waals surface area contributed by atoms with Crippen LogP contribution in [0.25, 0.3) is 0 Å². The summed E-state index contributed by atoms with van der Waals surface area (Å²) in [7, 11) is 1.44. The highest BCUT2D eigenvalue weighted by atomic mass is 32.2. The molecule has 1 aliphatic rings. The lowest BCUT2D eigenvalue weighted by molar-refractivity contribution is -0.148. The molecule has 0 amide bonds. The van der Waals surface area contributed by atoms with Gasteiger partial charge in [0.25, 0.3) is 0 Å². The third kappa shape index (κ3) is 4.18. The van der Waals surface area contributed by atoms with Crippen molar-refractivity contribution >= 4 is 17.7 Å². The molecule has 1 fully saturated rings. The molecule has 1 aromatic heterocycles. The van der Waals surface area contributed by atoms with E-state index < -0.39 is 5.54 Å². The molecule has 0 radical (unpaired) electrons. The summed E-state index contributed by atoms with van der Waals surface area (Å²) in [6, 6.07) is 2.33. The van der Waals surface area contributed by atoms with Gasteiger partial charge in [0.05, 0.1) is 12.1 Å². The SMILES string of the molecule is COC(=O)C(C)(CC(C)Sc1ccncn1)NC1CC1. The Morgan fingerprint density at radius 2 is 2.40 bits per heavy atom. The Morgan fingerprint density at radius 1 is 1.65 bits per heavy atom. The van der Waals surface area contributed by atoms with Crippen LogP contribution in [-0.4, -0.2) is 39.9 Å². The highest BCUT2D eigenvalue weighted by Gasteiger charge is 2.40. The van der Waals surface area contributed by atoms with E-state index in [1.807, 2.05) is 13.0 Å². The van der Waals surface area contributed by atoms with E-state index in [1.165, 1.54) is 13.4 Å². The number of carbonyl (C=O) groups excluding carboxylic acids is 1. The number of ether oxygens (including phenoxy) is 1. The predicted octanol–water partition coefficient (Wildman–Crippen LogP) is 2.03. The van der Waals surface area contributed by atoms with Crippen LogP contribution in [0.15, 0.2) is 23.6 Å². The lowest BCUT2D eigenvalue weighted by Crippen LogP contribution is -2.52. The van der Waals surface area contributed by atoms with E-state index in [2.05, 4.69) is 22.2 Å². The molecule has 1 heterocycles. The van der Waals surface area contributed by atoms with Gasteiger partial charge in [-0.15, -0.1) is 11.8 Å². The lowest BCUT2D eigenvalue weighted by Gasteiger charge is -2.30. The molecule has 1 saturated carbocycles. The van der Waals surface area contributed by atoms with Crippen LogP contribution in [-0.2, 0) is 9.53 Å². The van der Waals surface area contributed by atoms with E-state index >= 15 is 0 Å². The van der Waals surface area contributed by atoms with Crippen LogP contribution in [0.1, 0.15) is 33.1 Å². The van der Waals surface area contributed by atoms with Crippen LogP contribution in [0, 0.1) is 0 Å². The number of nitrogens with one attached hydrogen (secondary N) is 1. The molecule has 2 rings (SSSR count). The summed E-state index contributed by atoms with van der Waals surface area (Å²) in [4.78, 5) is 20.2. The fourth-order valence-corrected chi connectivity index (χ4v) is 3.35. The normalized spacial score (nSPS) is 19.1. The molecule has 2 atom stereocenters. The molecule has 110 valence electrons. The first-order chi connectivity index (χ1) is 9.53. The summed E-state index contributed by atoms with van der Waals surface area (Å²) in [5, 5.41) is 4.59. The van der Waals surface area contributed by atoms with Gasteiger partial charge in [-0.05, 0) is 32.3 Å². The minimum absolute atomic E-state index is 0.195. The summed E-state index contributed by atoms with van der Waals surface area (Å²) in [5.74, 6) is -0.195. The van der Waals surface area contributed by atoms with Crippen molar-refractivity contribution in [3.05, 3.63) is 18.6 Å². The van der Waals surface area contributed by atoms with Gasteiger partial charge in [0.2, 0.25) is 0 Å². The smallest absolute Gasteiger partial charge is 0.325 e. The first kappa shape index (κ1) is 15.3. The second-order valence-electron chi connectivity index (χ2n) is 5.42. The number of nitrogens with zero attached hydrogens (tertiary/aromatic N) is 2. The van der Waals surface area contributed by atoms with E-state index in [0.29, 0.717) is 12.5 Å². The van der Waals surface area contributed by atoms with Gasteiger partial charge >= 0.3 is 5.97 Å². The fraction of sp³-hybridized carbons (Fsp3) is 0.643. The van der Waals surface area contributed by atoms with E-state index in [0.717, 1.165) is 17.9 Å². The minimum Gasteiger partial charge on any atom is -0.468 e. The summed E-state index contributed by atoms with van der Waals surface area (Å²) in [5.41, 5.74) is -0.630. The van der Waals surface area contributed by atoms with Gasteiger partial charge in [-0.25, -0.2) is 9.97 Å². The molecule has 0 aliphatic heterocycles. The van der Waals surface area contributed by atoms with Crippen molar-refractivity contribution in [2.45, 2.75) is 55.0 Å². The van der Waals surface area contributed by atoms with Crippen molar-refractivity contribution in [3.63, 3.8) is 0 Å². The second kappa shape index (κ2) is 6.54. The molecular weight excluding hydrogens is 274 g/mol. The van der Waals surface area contributed by atoms with Gasteiger partial charge < -0.3 is 4.74 Å². The maximum absolute atomic E-state index is 12.1. The maximum atomic E-state index is 12.1. The van der Waals surface area contributed by atoms with Gasteiger partial charge in [0.1, 0.15) is 11.9 Å². The van der Waals surface area contributed by atoms with Crippen molar-refractivity contribution < 1.29 is 9.53 Å². The van der Waals surface area contributed by atoms with Crippen molar-refractivity contribution in [3.8, 4) is 0 Å². The number of esters is 1. The first-order valence-electron chi connectivity index (χ1n) is 6.82. The highest BCUT2D eigenvalue weighted by molar-refractivity contribution is 7.99. The monoisotopic (exact) mass is 295 g/mol. The number of carbonyl (C=O) groups is 1. The third-order valence-corrected chi connectivity index (χ3v) is 4.36. The number of hydrogen-bond donors (Lipinski definition) is 1. The first-order valence-corrected chi connectivity index (χ1v) is 7.70. The number of thioether (sulfide) groups is 1. The molecule has 5 nitrogen and oxygen atoms in total. The summed E-state index contributed by atoms with van der Waals surface area (Å²) >= 11 is 1.65. The van der Waals surface area contributed by atoms with Gasteiger partial charge in [0.15, 0.2) is 0 Å². The Hall–Kier alpha value is -1.14. The summed E-state index contributed by atoms with van der Waals surface area (Å²) in [6.45, 7) is 4.02. The molecule has 0 spiro atoms. The maximum Gasteiger partial charge on any atom is 0.325 e.